The van der Waals surface area contributed by atoms with E-state index in [9.17, 15) is 0 Å². The van der Waals surface area contributed by atoms with Crippen LogP contribution in [0.15, 0.2) is 48.5 Å². The summed E-state index contributed by atoms with van der Waals surface area (Å²) in [5.74, 6) is 0.322. The van der Waals surface area contributed by atoms with E-state index in [0.717, 1.165) is 6.42 Å². The van der Waals surface area contributed by atoms with Crippen LogP contribution in [-0.4, -0.2) is 5.11 Å². The number of aromatic hydroxyl groups is 1. The van der Waals surface area contributed by atoms with E-state index in [-0.39, 0.29) is 32.7 Å². The summed E-state index contributed by atoms with van der Waals surface area (Å²) in [5, 5.41) is 9.16. The summed E-state index contributed by atoms with van der Waals surface area (Å²) >= 11 is 0. The first-order valence-electron chi connectivity index (χ1n) is 5.07. The minimum Gasteiger partial charge on any atom is -0.508 e. The Labute approximate surface area is 121 Å². The van der Waals surface area contributed by atoms with E-state index in [2.05, 4.69) is 31.2 Å². The van der Waals surface area contributed by atoms with E-state index in [4.69, 9.17) is 5.11 Å². The Morgan fingerprint density at radius 2 is 1.25 bits per heavy atom. The molecular weight excluding hydrogens is 273 g/mol. The van der Waals surface area contributed by atoms with Crippen molar-refractivity contribution in [3.8, 4) is 5.75 Å². The molecule has 2 heteroatoms. The van der Waals surface area contributed by atoms with Crippen molar-refractivity contribution in [2.45, 2.75) is 13.3 Å². The number of aryl methyl sites for hydroxylation is 1. The molecule has 79 valence electrons. The van der Waals surface area contributed by atoms with E-state index in [1.54, 1.807) is 12.1 Å². The average molecular weight is 287 g/mol. The fraction of sp³-hybridized carbons (Fsp3) is 0.143. The van der Waals surface area contributed by atoms with Gasteiger partial charge in [-0.2, -0.15) is 0 Å². The summed E-state index contributed by atoms with van der Waals surface area (Å²) in [7, 11) is 0. The molecule has 16 heavy (non-hydrogen) atoms. The summed E-state index contributed by atoms with van der Waals surface area (Å²) in [5.41, 5.74) is 3.80. The van der Waals surface area contributed by atoms with Gasteiger partial charge >= 0.3 is 0 Å². The third kappa shape index (κ3) is 3.73. The van der Waals surface area contributed by atoms with Gasteiger partial charge in [-0.1, -0.05) is 42.0 Å². The number of phenols is 1. The number of hydrogen-bond acceptors (Lipinski definition) is 1. The Hall–Kier alpha value is -0.656. The van der Waals surface area contributed by atoms with Crippen molar-refractivity contribution in [2.75, 3.05) is 0 Å². The van der Waals surface area contributed by atoms with Crippen molar-refractivity contribution >= 4 is 0 Å². The van der Waals surface area contributed by atoms with Crippen molar-refractivity contribution in [1.82, 2.24) is 0 Å². The zero-order valence-electron chi connectivity index (χ0n) is 9.35. The number of rotatable bonds is 2. The predicted molar refractivity (Wildman–Crippen MR) is 62.1 cm³/mol. The van der Waals surface area contributed by atoms with Crippen molar-refractivity contribution in [2.24, 2.45) is 0 Å². The van der Waals surface area contributed by atoms with Crippen LogP contribution in [-0.2, 0) is 39.1 Å². The minimum atomic E-state index is 0. The molecule has 0 aliphatic rings. The first-order valence-corrected chi connectivity index (χ1v) is 5.07. The Morgan fingerprint density at radius 1 is 0.812 bits per heavy atom. The SMILES string of the molecule is Cc1ccc(Cc2ccc(O)cc2)cc1.[Y]. The molecule has 0 atom stereocenters. The second-order valence-corrected chi connectivity index (χ2v) is 3.83. The Bertz CT molecular complexity index is 388. The average Bonchev–Trinajstić information content (AvgIpc) is 2.25. The first-order chi connectivity index (χ1) is 7.24. The molecule has 1 radical (unpaired) electrons. The quantitative estimate of drug-likeness (QED) is 0.898. The first kappa shape index (κ1) is 13.4. The number of phenolic OH excluding ortho intramolecular Hbond substituents is 1. The normalized spacial score (nSPS) is 9.56. The predicted octanol–water partition coefficient (Wildman–Crippen LogP) is 3.29. The van der Waals surface area contributed by atoms with Crippen LogP contribution in [0.25, 0.3) is 0 Å². The molecule has 2 aromatic rings. The molecule has 0 amide bonds. The molecule has 2 rings (SSSR count). The van der Waals surface area contributed by atoms with Crippen molar-refractivity contribution in [3.63, 3.8) is 0 Å². The molecule has 0 heterocycles. The zero-order chi connectivity index (χ0) is 10.7. The fourth-order valence-electron chi connectivity index (χ4n) is 1.56. The van der Waals surface area contributed by atoms with Crippen LogP contribution in [0.3, 0.4) is 0 Å². The molecule has 0 aromatic heterocycles. The van der Waals surface area contributed by atoms with E-state index in [1.807, 2.05) is 12.1 Å². The molecule has 0 fully saturated rings. The molecule has 0 aliphatic heterocycles. The van der Waals surface area contributed by atoms with Crippen molar-refractivity contribution in [3.05, 3.63) is 65.2 Å². The Kier molecular flexibility index (Phi) is 5.17. The zero-order valence-corrected chi connectivity index (χ0v) is 12.2. The van der Waals surface area contributed by atoms with E-state index in [0.29, 0.717) is 5.75 Å². The standard InChI is InChI=1S/C14H14O.Y/c1-11-2-4-12(5-3-11)10-13-6-8-14(15)9-7-13;/h2-9,15H,10H2,1H3;. The van der Waals surface area contributed by atoms with Crippen LogP contribution in [0, 0.1) is 6.92 Å². The molecule has 1 N–H and O–H groups in total. The van der Waals surface area contributed by atoms with Gasteiger partial charge in [0.05, 0.1) is 0 Å². The molecule has 1 nitrogen and oxygen atoms in total. The van der Waals surface area contributed by atoms with Gasteiger partial charge in [0.1, 0.15) is 5.75 Å². The third-order valence-electron chi connectivity index (χ3n) is 2.47. The van der Waals surface area contributed by atoms with Crippen LogP contribution in [0.4, 0.5) is 0 Å². The summed E-state index contributed by atoms with van der Waals surface area (Å²) in [4.78, 5) is 0. The summed E-state index contributed by atoms with van der Waals surface area (Å²) < 4.78 is 0. The van der Waals surface area contributed by atoms with Gasteiger partial charge < -0.3 is 5.11 Å². The number of hydrogen-bond donors (Lipinski definition) is 1. The largest absolute Gasteiger partial charge is 0.508 e. The van der Waals surface area contributed by atoms with Crippen LogP contribution < -0.4 is 0 Å². The summed E-state index contributed by atoms with van der Waals surface area (Å²) in [6.07, 6.45) is 0.917. The third-order valence-corrected chi connectivity index (χ3v) is 2.47. The smallest absolute Gasteiger partial charge is 0.115 e. The van der Waals surface area contributed by atoms with Crippen LogP contribution in [0.2, 0.25) is 0 Å². The maximum atomic E-state index is 9.16. The van der Waals surface area contributed by atoms with E-state index < -0.39 is 0 Å². The van der Waals surface area contributed by atoms with Gasteiger partial charge in [-0.05, 0) is 36.6 Å². The molecule has 0 saturated carbocycles. The number of benzene rings is 2. The molecule has 0 spiro atoms. The molecular formula is C14H14OY. The van der Waals surface area contributed by atoms with E-state index >= 15 is 0 Å². The second kappa shape index (κ2) is 6.17. The fourth-order valence-corrected chi connectivity index (χ4v) is 1.56. The van der Waals surface area contributed by atoms with Gasteiger partial charge in [-0.15, -0.1) is 0 Å². The summed E-state index contributed by atoms with van der Waals surface area (Å²) in [6, 6.07) is 15.9. The maximum Gasteiger partial charge on any atom is 0.115 e. The Morgan fingerprint density at radius 3 is 1.75 bits per heavy atom. The molecule has 0 aliphatic carbocycles. The Balaban J connectivity index is 0.00000128. The monoisotopic (exact) mass is 287 g/mol. The molecule has 0 saturated heterocycles. The van der Waals surface area contributed by atoms with E-state index in [1.165, 1.54) is 16.7 Å². The van der Waals surface area contributed by atoms with Gasteiger partial charge in [0.25, 0.3) is 0 Å². The van der Waals surface area contributed by atoms with Gasteiger partial charge in [-0.3, -0.25) is 0 Å². The second-order valence-electron chi connectivity index (χ2n) is 3.83. The van der Waals surface area contributed by atoms with Gasteiger partial charge in [0.15, 0.2) is 0 Å². The van der Waals surface area contributed by atoms with Gasteiger partial charge in [0, 0.05) is 32.7 Å². The van der Waals surface area contributed by atoms with Gasteiger partial charge in [0.2, 0.25) is 0 Å². The van der Waals surface area contributed by atoms with Gasteiger partial charge in [-0.25, -0.2) is 0 Å². The van der Waals surface area contributed by atoms with Crippen LogP contribution in [0.1, 0.15) is 16.7 Å². The van der Waals surface area contributed by atoms with Crippen molar-refractivity contribution in [1.29, 1.82) is 0 Å². The molecule has 2 aromatic carbocycles. The molecule has 0 unspecified atom stereocenters. The molecule has 0 bridgehead atoms. The van der Waals surface area contributed by atoms with Crippen molar-refractivity contribution < 1.29 is 37.8 Å². The van der Waals surface area contributed by atoms with Crippen LogP contribution in [0.5, 0.6) is 5.75 Å². The van der Waals surface area contributed by atoms with Crippen LogP contribution >= 0.6 is 0 Å². The topological polar surface area (TPSA) is 20.2 Å². The summed E-state index contributed by atoms with van der Waals surface area (Å²) in [6.45, 7) is 2.09. The maximum absolute atomic E-state index is 9.16. The minimum absolute atomic E-state index is 0.